The minimum absolute atomic E-state index is 0.242. The Morgan fingerprint density at radius 3 is 2.23 bits per heavy atom. The van der Waals surface area contributed by atoms with Gasteiger partial charge in [0, 0.05) is 32.7 Å². The first-order valence-corrected chi connectivity index (χ1v) is 11.5. The number of nitrogens with one attached hydrogen (secondary N) is 1. The Morgan fingerprint density at radius 2 is 1.60 bits per heavy atom. The molecule has 2 heterocycles. The first-order valence-electron chi connectivity index (χ1n) is 10.1. The highest BCUT2D eigenvalue weighted by Crippen LogP contribution is 2.20. The highest BCUT2D eigenvalue weighted by molar-refractivity contribution is 7.92. The van der Waals surface area contributed by atoms with Crippen LogP contribution in [0.5, 0.6) is 0 Å². The van der Waals surface area contributed by atoms with Gasteiger partial charge in [-0.25, -0.2) is 13.4 Å². The predicted octanol–water partition coefficient (Wildman–Crippen LogP) is 3.51. The van der Waals surface area contributed by atoms with Crippen LogP contribution in [0.1, 0.15) is 11.1 Å². The van der Waals surface area contributed by atoms with Gasteiger partial charge in [0.05, 0.1) is 16.8 Å². The quantitative estimate of drug-likeness (QED) is 0.659. The van der Waals surface area contributed by atoms with Crippen molar-refractivity contribution in [3.05, 3.63) is 84.1 Å². The normalized spacial score (nSPS) is 15.2. The molecule has 1 saturated heterocycles. The van der Waals surface area contributed by atoms with E-state index in [1.165, 1.54) is 5.56 Å². The Hall–Kier alpha value is -2.90. The van der Waals surface area contributed by atoms with Gasteiger partial charge in [-0.15, -0.1) is 0 Å². The van der Waals surface area contributed by atoms with Crippen molar-refractivity contribution in [3.8, 4) is 0 Å². The lowest BCUT2D eigenvalue weighted by Gasteiger charge is -2.35. The second-order valence-corrected chi connectivity index (χ2v) is 9.25. The molecule has 156 valence electrons. The first-order chi connectivity index (χ1) is 14.5. The van der Waals surface area contributed by atoms with Crippen LogP contribution in [0, 0.1) is 6.92 Å². The van der Waals surface area contributed by atoms with E-state index in [-0.39, 0.29) is 4.90 Å². The summed E-state index contributed by atoms with van der Waals surface area (Å²) < 4.78 is 27.7. The van der Waals surface area contributed by atoms with E-state index in [4.69, 9.17) is 0 Å². The molecule has 2 aromatic carbocycles. The SMILES string of the molecule is Cc1ccc(S(=O)(=O)Nc2ccc(N3CCN(Cc4ccccc4)CC3)nc2)cc1. The van der Waals surface area contributed by atoms with Gasteiger partial charge in [0.2, 0.25) is 0 Å². The van der Waals surface area contributed by atoms with Crippen molar-refractivity contribution in [3.63, 3.8) is 0 Å². The molecule has 3 aromatic rings. The van der Waals surface area contributed by atoms with Crippen LogP contribution in [0.15, 0.2) is 77.8 Å². The standard InChI is InChI=1S/C23H26N4O2S/c1-19-7-10-22(11-8-19)30(28,29)25-21-9-12-23(24-17-21)27-15-13-26(14-16-27)18-20-5-3-2-4-6-20/h2-12,17,25H,13-16,18H2,1H3. The molecule has 1 fully saturated rings. The van der Waals surface area contributed by atoms with Crippen molar-refractivity contribution >= 4 is 21.5 Å². The molecule has 1 aliphatic rings. The van der Waals surface area contributed by atoms with Crippen LogP contribution in [0.4, 0.5) is 11.5 Å². The second-order valence-electron chi connectivity index (χ2n) is 7.57. The van der Waals surface area contributed by atoms with Crippen LogP contribution >= 0.6 is 0 Å². The molecular formula is C23H26N4O2S. The molecule has 0 amide bonds. The van der Waals surface area contributed by atoms with Gasteiger partial charge >= 0.3 is 0 Å². The number of hydrogen-bond acceptors (Lipinski definition) is 5. The molecule has 0 aliphatic carbocycles. The molecule has 0 bridgehead atoms. The average Bonchev–Trinajstić information content (AvgIpc) is 2.76. The summed E-state index contributed by atoms with van der Waals surface area (Å²) in [4.78, 5) is 9.40. The zero-order valence-corrected chi connectivity index (χ0v) is 17.8. The highest BCUT2D eigenvalue weighted by Gasteiger charge is 2.19. The topological polar surface area (TPSA) is 65.5 Å². The van der Waals surface area contributed by atoms with Crippen LogP contribution < -0.4 is 9.62 Å². The van der Waals surface area contributed by atoms with Gasteiger partial charge in [-0.3, -0.25) is 9.62 Å². The molecule has 4 rings (SSSR count). The molecule has 1 aromatic heterocycles. The smallest absolute Gasteiger partial charge is 0.261 e. The van der Waals surface area contributed by atoms with Crippen LogP contribution in [0.2, 0.25) is 0 Å². The minimum atomic E-state index is -3.62. The van der Waals surface area contributed by atoms with E-state index in [2.05, 4.69) is 43.8 Å². The van der Waals surface area contributed by atoms with Crippen LogP contribution in [0.3, 0.4) is 0 Å². The van der Waals surface area contributed by atoms with Crippen LogP contribution in [0.25, 0.3) is 0 Å². The van der Waals surface area contributed by atoms with Crippen molar-refractivity contribution < 1.29 is 8.42 Å². The molecule has 1 aliphatic heterocycles. The van der Waals surface area contributed by atoms with Crippen molar-refractivity contribution in [2.75, 3.05) is 35.8 Å². The molecular weight excluding hydrogens is 396 g/mol. The fourth-order valence-electron chi connectivity index (χ4n) is 3.54. The zero-order valence-electron chi connectivity index (χ0n) is 17.0. The number of aromatic nitrogens is 1. The van der Waals surface area contributed by atoms with Crippen molar-refractivity contribution in [1.29, 1.82) is 0 Å². The van der Waals surface area contributed by atoms with Gasteiger partial charge in [-0.2, -0.15) is 0 Å². The largest absolute Gasteiger partial charge is 0.354 e. The molecule has 1 N–H and O–H groups in total. The number of aryl methyl sites for hydroxylation is 1. The molecule has 6 nitrogen and oxygen atoms in total. The molecule has 0 saturated carbocycles. The number of hydrogen-bond donors (Lipinski definition) is 1. The minimum Gasteiger partial charge on any atom is -0.354 e. The number of anilines is 2. The summed E-state index contributed by atoms with van der Waals surface area (Å²) in [7, 11) is -3.62. The van der Waals surface area contributed by atoms with Crippen LogP contribution in [-0.4, -0.2) is 44.5 Å². The number of piperazine rings is 1. The Balaban J connectivity index is 1.34. The van der Waals surface area contributed by atoms with E-state index in [9.17, 15) is 8.42 Å². The highest BCUT2D eigenvalue weighted by atomic mass is 32.2. The monoisotopic (exact) mass is 422 g/mol. The van der Waals surface area contributed by atoms with Gasteiger partial charge in [0.1, 0.15) is 5.82 Å². The summed E-state index contributed by atoms with van der Waals surface area (Å²) in [6, 6.07) is 20.9. The third kappa shape index (κ3) is 4.98. The van der Waals surface area contributed by atoms with E-state index < -0.39 is 10.0 Å². The number of pyridine rings is 1. The average molecular weight is 423 g/mol. The number of benzene rings is 2. The van der Waals surface area contributed by atoms with E-state index in [0.29, 0.717) is 5.69 Å². The fourth-order valence-corrected chi connectivity index (χ4v) is 4.58. The van der Waals surface area contributed by atoms with E-state index in [1.807, 2.05) is 19.1 Å². The zero-order chi connectivity index (χ0) is 21.0. The lowest BCUT2D eigenvalue weighted by atomic mass is 10.2. The first kappa shape index (κ1) is 20.4. The Morgan fingerprint density at radius 1 is 0.900 bits per heavy atom. The van der Waals surface area contributed by atoms with E-state index >= 15 is 0 Å². The molecule has 0 unspecified atom stereocenters. The molecule has 0 spiro atoms. The number of rotatable bonds is 6. The fraction of sp³-hybridized carbons (Fsp3) is 0.261. The Bertz CT molecular complexity index is 1060. The van der Waals surface area contributed by atoms with E-state index in [0.717, 1.165) is 44.1 Å². The maximum atomic E-state index is 12.5. The van der Waals surface area contributed by atoms with Crippen molar-refractivity contribution in [2.45, 2.75) is 18.4 Å². The summed E-state index contributed by atoms with van der Waals surface area (Å²) in [6.07, 6.45) is 1.58. The summed E-state index contributed by atoms with van der Waals surface area (Å²) in [5, 5.41) is 0. The maximum Gasteiger partial charge on any atom is 0.261 e. The molecule has 30 heavy (non-hydrogen) atoms. The van der Waals surface area contributed by atoms with Crippen molar-refractivity contribution in [1.82, 2.24) is 9.88 Å². The summed E-state index contributed by atoms with van der Waals surface area (Å²) in [6.45, 7) is 6.62. The second kappa shape index (κ2) is 8.85. The Kier molecular flexibility index (Phi) is 6.01. The summed E-state index contributed by atoms with van der Waals surface area (Å²) in [5.74, 6) is 0.868. The van der Waals surface area contributed by atoms with Gasteiger partial charge in [-0.1, -0.05) is 48.0 Å². The maximum absolute atomic E-state index is 12.5. The van der Waals surface area contributed by atoms with Gasteiger partial charge < -0.3 is 4.90 Å². The van der Waals surface area contributed by atoms with Gasteiger partial charge in [0.15, 0.2) is 0 Å². The predicted molar refractivity (Wildman–Crippen MR) is 120 cm³/mol. The van der Waals surface area contributed by atoms with Crippen molar-refractivity contribution in [2.24, 2.45) is 0 Å². The molecule has 7 heteroatoms. The lowest BCUT2D eigenvalue weighted by Crippen LogP contribution is -2.46. The summed E-state index contributed by atoms with van der Waals surface area (Å²) in [5.41, 5.74) is 2.81. The lowest BCUT2D eigenvalue weighted by molar-refractivity contribution is 0.249. The van der Waals surface area contributed by atoms with Crippen LogP contribution in [-0.2, 0) is 16.6 Å². The van der Waals surface area contributed by atoms with Gasteiger partial charge in [0.25, 0.3) is 10.0 Å². The molecule has 0 radical (unpaired) electrons. The molecule has 0 atom stereocenters. The summed E-state index contributed by atoms with van der Waals surface area (Å²) >= 11 is 0. The third-order valence-corrected chi connectivity index (χ3v) is 6.67. The van der Waals surface area contributed by atoms with Gasteiger partial charge in [-0.05, 0) is 36.8 Å². The number of nitrogens with zero attached hydrogens (tertiary/aromatic N) is 3. The number of sulfonamides is 1. The van der Waals surface area contributed by atoms with E-state index in [1.54, 1.807) is 36.5 Å². The third-order valence-electron chi connectivity index (χ3n) is 5.28. The Labute approximate surface area is 178 Å².